The van der Waals surface area contributed by atoms with E-state index in [1.807, 2.05) is 42.5 Å². The Morgan fingerprint density at radius 2 is 1.71 bits per heavy atom. The van der Waals surface area contributed by atoms with E-state index in [1.54, 1.807) is 11.3 Å². The summed E-state index contributed by atoms with van der Waals surface area (Å²) in [5, 5.41) is 5.86. The molecule has 0 bridgehead atoms. The van der Waals surface area contributed by atoms with Gasteiger partial charge in [0.25, 0.3) is 0 Å². The van der Waals surface area contributed by atoms with Gasteiger partial charge in [-0.2, -0.15) is 0 Å². The van der Waals surface area contributed by atoms with E-state index in [1.165, 1.54) is 10.3 Å². The van der Waals surface area contributed by atoms with Gasteiger partial charge in [-0.15, -0.1) is 11.3 Å². The van der Waals surface area contributed by atoms with Crippen LogP contribution in [0.3, 0.4) is 0 Å². The lowest BCUT2D eigenvalue weighted by Crippen LogP contribution is -2.04. The SMILES string of the molecule is Cc1ccc2nc(-c3ccc(NCc4cc(Cl)ccc4OCc4ccccc4Cl)cc3)sc2c1. The van der Waals surface area contributed by atoms with Gasteiger partial charge in [0, 0.05) is 39.0 Å². The first-order valence-electron chi connectivity index (χ1n) is 10.9. The number of benzene rings is 4. The second kappa shape index (κ2) is 10.1. The van der Waals surface area contributed by atoms with Crippen molar-refractivity contribution >= 4 is 50.4 Å². The number of anilines is 1. The Morgan fingerprint density at radius 3 is 2.53 bits per heavy atom. The van der Waals surface area contributed by atoms with E-state index in [-0.39, 0.29) is 0 Å². The van der Waals surface area contributed by atoms with Crippen molar-refractivity contribution in [1.29, 1.82) is 0 Å². The fourth-order valence-electron chi connectivity index (χ4n) is 3.68. The average molecular weight is 505 g/mol. The smallest absolute Gasteiger partial charge is 0.124 e. The van der Waals surface area contributed by atoms with Gasteiger partial charge in [0.2, 0.25) is 0 Å². The molecule has 0 radical (unpaired) electrons. The van der Waals surface area contributed by atoms with Crippen LogP contribution in [0.5, 0.6) is 5.75 Å². The summed E-state index contributed by atoms with van der Waals surface area (Å²) < 4.78 is 7.28. The molecule has 0 amide bonds. The van der Waals surface area contributed by atoms with Crippen molar-refractivity contribution in [2.24, 2.45) is 0 Å². The first kappa shape index (κ1) is 22.7. The molecule has 5 aromatic rings. The van der Waals surface area contributed by atoms with Gasteiger partial charge in [-0.05, 0) is 73.2 Å². The number of hydrogen-bond donors (Lipinski definition) is 1. The molecule has 170 valence electrons. The Bertz CT molecular complexity index is 1450. The molecule has 34 heavy (non-hydrogen) atoms. The highest BCUT2D eigenvalue weighted by molar-refractivity contribution is 7.21. The maximum absolute atomic E-state index is 6.27. The first-order chi connectivity index (χ1) is 16.5. The number of aromatic nitrogens is 1. The summed E-state index contributed by atoms with van der Waals surface area (Å²) in [5.74, 6) is 0.776. The van der Waals surface area contributed by atoms with Gasteiger partial charge in [-0.25, -0.2) is 4.98 Å². The fourth-order valence-corrected chi connectivity index (χ4v) is 5.14. The average Bonchev–Trinajstić information content (AvgIpc) is 3.26. The van der Waals surface area contributed by atoms with E-state index in [9.17, 15) is 0 Å². The summed E-state index contributed by atoms with van der Waals surface area (Å²) in [6.45, 7) is 3.08. The molecular formula is C28H22Cl2N2OS. The summed E-state index contributed by atoms with van der Waals surface area (Å²) in [7, 11) is 0. The number of halogens is 2. The molecular weight excluding hydrogens is 483 g/mol. The van der Waals surface area contributed by atoms with Gasteiger partial charge in [0.05, 0.1) is 10.2 Å². The van der Waals surface area contributed by atoms with Crippen LogP contribution in [-0.4, -0.2) is 4.98 Å². The van der Waals surface area contributed by atoms with Crippen molar-refractivity contribution in [3.05, 3.63) is 112 Å². The highest BCUT2D eigenvalue weighted by Crippen LogP contribution is 2.32. The largest absolute Gasteiger partial charge is 0.488 e. The third-order valence-corrected chi connectivity index (χ3v) is 7.19. The zero-order valence-corrected chi connectivity index (χ0v) is 20.8. The molecule has 1 heterocycles. The number of nitrogens with zero attached hydrogens (tertiary/aromatic N) is 1. The minimum Gasteiger partial charge on any atom is -0.488 e. The molecule has 4 aromatic carbocycles. The summed E-state index contributed by atoms with van der Waals surface area (Å²) in [6, 6.07) is 28.0. The normalized spacial score (nSPS) is 11.0. The predicted octanol–water partition coefficient (Wildman–Crippen LogP) is 8.77. The number of aryl methyl sites for hydroxylation is 1. The van der Waals surface area contributed by atoms with Gasteiger partial charge >= 0.3 is 0 Å². The van der Waals surface area contributed by atoms with Crippen molar-refractivity contribution in [3.63, 3.8) is 0 Å². The topological polar surface area (TPSA) is 34.2 Å². The quantitative estimate of drug-likeness (QED) is 0.240. The van der Waals surface area contributed by atoms with Crippen LogP contribution in [0.25, 0.3) is 20.8 Å². The van der Waals surface area contributed by atoms with Gasteiger partial charge in [0.1, 0.15) is 17.4 Å². The Balaban J connectivity index is 1.28. The second-order valence-corrected chi connectivity index (χ2v) is 9.93. The van der Waals surface area contributed by atoms with E-state index < -0.39 is 0 Å². The number of rotatable bonds is 7. The van der Waals surface area contributed by atoms with Crippen molar-refractivity contribution in [2.75, 3.05) is 5.32 Å². The molecule has 0 fully saturated rings. The third-order valence-electron chi connectivity index (χ3n) is 5.52. The summed E-state index contributed by atoms with van der Waals surface area (Å²) >= 11 is 14.2. The molecule has 3 nitrogen and oxygen atoms in total. The number of ether oxygens (including phenoxy) is 1. The molecule has 0 unspecified atom stereocenters. The van der Waals surface area contributed by atoms with E-state index in [4.69, 9.17) is 32.9 Å². The van der Waals surface area contributed by atoms with Crippen molar-refractivity contribution < 1.29 is 4.74 Å². The van der Waals surface area contributed by atoms with Gasteiger partial charge in [-0.3, -0.25) is 0 Å². The molecule has 0 saturated carbocycles. The standard InChI is InChI=1S/C28H22Cl2N2OS/c1-18-6-12-25-27(14-18)34-28(32-25)19-7-10-23(11-8-19)31-16-21-15-22(29)9-13-26(21)33-17-20-4-2-3-5-24(20)30/h2-15,31H,16-17H2,1H3. The van der Waals surface area contributed by atoms with E-state index >= 15 is 0 Å². The van der Waals surface area contributed by atoms with Gasteiger partial charge < -0.3 is 10.1 Å². The Labute approximate surface area is 213 Å². The van der Waals surface area contributed by atoms with Gasteiger partial charge in [0.15, 0.2) is 0 Å². The van der Waals surface area contributed by atoms with Crippen molar-refractivity contribution in [1.82, 2.24) is 4.98 Å². The van der Waals surface area contributed by atoms with Crippen LogP contribution in [0.15, 0.2) is 84.9 Å². The Hall–Kier alpha value is -3.05. The zero-order valence-electron chi connectivity index (χ0n) is 18.5. The molecule has 0 atom stereocenters. The molecule has 5 rings (SSSR count). The Kier molecular flexibility index (Phi) is 6.73. The number of hydrogen-bond acceptors (Lipinski definition) is 4. The molecule has 0 aliphatic carbocycles. The van der Waals surface area contributed by atoms with Crippen LogP contribution in [0.4, 0.5) is 5.69 Å². The maximum atomic E-state index is 6.27. The molecule has 1 aromatic heterocycles. The van der Waals surface area contributed by atoms with E-state index in [0.29, 0.717) is 23.2 Å². The van der Waals surface area contributed by atoms with Crippen LogP contribution < -0.4 is 10.1 Å². The van der Waals surface area contributed by atoms with Crippen LogP contribution in [-0.2, 0) is 13.2 Å². The fraction of sp³-hybridized carbons (Fsp3) is 0.107. The lowest BCUT2D eigenvalue weighted by molar-refractivity contribution is 0.303. The molecule has 0 spiro atoms. The minimum atomic E-state index is 0.394. The second-order valence-electron chi connectivity index (χ2n) is 8.05. The molecule has 6 heteroatoms. The van der Waals surface area contributed by atoms with E-state index in [2.05, 4.69) is 54.7 Å². The number of nitrogens with one attached hydrogen (secondary N) is 1. The maximum Gasteiger partial charge on any atom is 0.124 e. The lowest BCUT2D eigenvalue weighted by Gasteiger charge is -2.14. The van der Waals surface area contributed by atoms with Crippen LogP contribution in [0.2, 0.25) is 10.0 Å². The van der Waals surface area contributed by atoms with Crippen LogP contribution in [0, 0.1) is 6.92 Å². The Morgan fingerprint density at radius 1 is 0.882 bits per heavy atom. The molecule has 0 saturated heterocycles. The van der Waals surface area contributed by atoms with Crippen molar-refractivity contribution in [2.45, 2.75) is 20.1 Å². The predicted molar refractivity (Wildman–Crippen MR) is 144 cm³/mol. The monoisotopic (exact) mass is 504 g/mol. The molecule has 1 N–H and O–H groups in total. The minimum absolute atomic E-state index is 0.394. The number of thiazole rings is 1. The van der Waals surface area contributed by atoms with Crippen LogP contribution >= 0.6 is 34.5 Å². The van der Waals surface area contributed by atoms with Crippen molar-refractivity contribution in [3.8, 4) is 16.3 Å². The highest BCUT2D eigenvalue weighted by Gasteiger charge is 2.09. The van der Waals surface area contributed by atoms with Gasteiger partial charge in [-0.1, -0.05) is 47.5 Å². The lowest BCUT2D eigenvalue weighted by atomic mass is 10.1. The summed E-state index contributed by atoms with van der Waals surface area (Å²) in [6.07, 6.45) is 0. The first-order valence-corrected chi connectivity index (χ1v) is 12.5. The number of fused-ring (bicyclic) bond motifs is 1. The summed E-state index contributed by atoms with van der Waals surface area (Å²) in [4.78, 5) is 4.78. The van der Waals surface area contributed by atoms with Crippen LogP contribution in [0.1, 0.15) is 16.7 Å². The highest BCUT2D eigenvalue weighted by atomic mass is 35.5. The van der Waals surface area contributed by atoms with E-state index in [0.717, 1.165) is 38.7 Å². The molecule has 0 aliphatic heterocycles. The zero-order chi connectivity index (χ0) is 23.5. The third kappa shape index (κ3) is 5.20. The summed E-state index contributed by atoms with van der Waals surface area (Å²) in [5.41, 5.74) is 6.33. The molecule has 0 aliphatic rings.